The highest BCUT2D eigenvalue weighted by molar-refractivity contribution is 5.96. The van der Waals surface area contributed by atoms with E-state index in [4.69, 9.17) is 0 Å². The van der Waals surface area contributed by atoms with Gasteiger partial charge < -0.3 is 15.3 Å². The molecule has 0 aliphatic rings. The van der Waals surface area contributed by atoms with E-state index in [0.717, 1.165) is 22.5 Å². The molecule has 0 bridgehead atoms. The highest BCUT2D eigenvalue weighted by Gasteiger charge is 2.19. The minimum atomic E-state index is -0.933. The molecule has 2 N–H and O–H groups in total. The zero-order valence-electron chi connectivity index (χ0n) is 15.3. The molecular weight excluding hydrogens is 300 g/mol. The van der Waals surface area contributed by atoms with Crippen LogP contribution in [0.25, 0.3) is 0 Å². The first-order valence-corrected chi connectivity index (χ1v) is 8.03. The van der Waals surface area contributed by atoms with Crippen LogP contribution in [0.2, 0.25) is 0 Å². The zero-order valence-corrected chi connectivity index (χ0v) is 15.3. The fourth-order valence-electron chi connectivity index (χ4n) is 2.80. The molecule has 0 fully saturated rings. The number of nitrogens with zero attached hydrogens (tertiary/aromatic N) is 1. The Kier molecular flexibility index (Phi) is 4.88. The minimum absolute atomic E-state index is 0.0511. The number of anilines is 3. The summed E-state index contributed by atoms with van der Waals surface area (Å²) < 4.78 is 0. The lowest BCUT2D eigenvalue weighted by Crippen LogP contribution is -2.15. The maximum atomic E-state index is 11.6. The summed E-state index contributed by atoms with van der Waals surface area (Å²) in [6, 6.07) is 11.5. The molecule has 0 aliphatic heterocycles. The SMILES string of the molecule is Cc1cccc(Nc2cc(C(C)(C)C)ccc2C(=O)O)c1N(C)C. The number of benzene rings is 2. The van der Waals surface area contributed by atoms with Crippen LogP contribution in [0, 0.1) is 6.92 Å². The third-order valence-corrected chi connectivity index (χ3v) is 4.07. The van der Waals surface area contributed by atoms with Gasteiger partial charge in [-0.1, -0.05) is 39.0 Å². The summed E-state index contributed by atoms with van der Waals surface area (Å²) in [5, 5.41) is 12.9. The summed E-state index contributed by atoms with van der Waals surface area (Å²) in [6.45, 7) is 8.39. The normalized spacial score (nSPS) is 11.2. The standard InChI is InChI=1S/C20H26N2O2/c1-13-8-7-9-16(18(13)22(5)6)21-17-12-14(20(2,3)4)10-11-15(17)19(23)24/h7-12,21H,1-6H3,(H,23,24). The van der Waals surface area contributed by atoms with E-state index in [0.29, 0.717) is 5.69 Å². The van der Waals surface area contributed by atoms with E-state index in [-0.39, 0.29) is 11.0 Å². The van der Waals surface area contributed by atoms with Crippen molar-refractivity contribution in [3.05, 3.63) is 53.1 Å². The van der Waals surface area contributed by atoms with E-state index in [1.807, 2.05) is 56.3 Å². The monoisotopic (exact) mass is 326 g/mol. The summed E-state index contributed by atoms with van der Waals surface area (Å²) in [5.74, 6) is -0.933. The zero-order chi connectivity index (χ0) is 18.1. The summed E-state index contributed by atoms with van der Waals surface area (Å²) in [5.41, 5.74) is 5.01. The van der Waals surface area contributed by atoms with Crippen molar-refractivity contribution in [3.8, 4) is 0 Å². The second-order valence-corrected chi connectivity index (χ2v) is 7.31. The number of aryl methyl sites for hydroxylation is 1. The maximum Gasteiger partial charge on any atom is 0.337 e. The van der Waals surface area contributed by atoms with Gasteiger partial charge in [0.05, 0.1) is 22.6 Å². The lowest BCUT2D eigenvalue weighted by molar-refractivity contribution is 0.0698. The molecule has 0 saturated heterocycles. The number of carboxylic acids is 1. The average molecular weight is 326 g/mol. The van der Waals surface area contributed by atoms with Crippen LogP contribution in [0.1, 0.15) is 42.3 Å². The fourth-order valence-corrected chi connectivity index (χ4v) is 2.80. The van der Waals surface area contributed by atoms with Crippen molar-refractivity contribution < 1.29 is 9.90 Å². The Hall–Kier alpha value is -2.49. The van der Waals surface area contributed by atoms with E-state index in [2.05, 4.69) is 26.1 Å². The Morgan fingerprint density at radius 3 is 2.29 bits per heavy atom. The Labute approximate surface area is 144 Å². The van der Waals surface area contributed by atoms with E-state index in [1.54, 1.807) is 6.07 Å². The molecule has 0 unspecified atom stereocenters. The van der Waals surface area contributed by atoms with Crippen LogP contribution in [-0.2, 0) is 5.41 Å². The van der Waals surface area contributed by atoms with Crippen molar-refractivity contribution in [2.45, 2.75) is 33.1 Å². The number of nitrogens with one attached hydrogen (secondary N) is 1. The number of rotatable bonds is 4. The topological polar surface area (TPSA) is 52.6 Å². The first-order valence-electron chi connectivity index (χ1n) is 8.03. The number of aromatic carboxylic acids is 1. The molecule has 0 radical (unpaired) electrons. The second-order valence-electron chi connectivity index (χ2n) is 7.31. The molecule has 0 spiro atoms. The molecule has 0 aliphatic carbocycles. The van der Waals surface area contributed by atoms with E-state index in [1.165, 1.54) is 0 Å². The second kappa shape index (κ2) is 6.56. The van der Waals surface area contributed by atoms with Crippen LogP contribution >= 0.6 is 0 Å². The Balaban J connectivity index is 2.57. The van der Waals surface area contributed by atoms with Gasteiger partial charge in [-0.25, -0.2) is 4.79 Å². The van der Waals surface area contributed by atoms with Crippen molar-refractivity contribution in [2.75, 3.05) is 24.3 Å². The first kappa shape index (κ1) is 17.9. The Morgan fingerprint density at radius 2 is 1.75 bits per heavy atom. The number of carbonyl (C=O) groups is 1. The molecule has 2 aromatic rings. The molecule has 24 heavy (non-hydrogen) atoms. The summed E-state index contributed by atoms with van der Waals surface area (Å²) in [4.78, 5) is 13.6. The summed E-state index contributed by atoms with van der Waals surface area (Å²) >= 11 is 0. The van der Waals surface area contributed by atoms with Crippen LogP contribution in [-0.4, -0.2) is 25.2 Å². The maximum absolute atomic E-state index is 11.6. The van der Waals surface area contributed by atoms with Crippen LogP contribution in [0.3, 0.4) is 0 Å². The van der Waals surface area contributed by atoms with Gasteiger partial charge in [0.25, 0.3) is 0 Å². The quantitative estimate of drug-likeness (QED) is 0.847. The van der Waals surface area contributed by atoms with Gasteiger partial charge in [0.2, 0.25) is 0 Å². The van der Waals surface area contributed by atoms with E-state index >= 15 is 0 Å². The Bertz CT molecular complexity index is 759. The van der Waals surface area contributed by atoms with Crippen LogP contribution < -0.4 is 10.2 Å². The average Bonchev–Trinajstić information content (AvgIpc) is 2.45. The van der Waals surface area contributed by atoms with Crippen molar-refractivity contribution in [1.82, 2.24) is 0 Å². The molecule has 0 heterocycles. The molecular formula is C20H26N2O2. The summed E-state index contributed by atoms with van der Waals surface area (Å²) in [6.07, 6.45) is 0. The van der Waals surface area contributed by atoms with E-state index < -0.39 is 5.97 Å². The minimum Gasteiger partial charge on any atom is -0.478 e. The highest BCUT2D eigenvalue weighted by atomic mass is 16.4. The third kappa shape index (κ3) is 3.70. The fraction of sp³-hybridized carbons (Fsp3) is 0.350. The smallest absolute Gasteiger partial charge is 0.337 e. The largest absolute Gasteiger partial charge is 0.478 e. The van der Waals surface area contributed by atoms with Crippen molar-refractivity contribution in [2.24, 2.45) is 0 Å². The third-order valence-electron chi connectivity index (χ3n) is 4.07. The Morgan fingerprint density at radius 1 is 1.08 bits per heavy atom. The lowest BCUT2D eigenvalue weighted by Gasteiger charge is -2.24. The number of hydrogen-bond donors (Lipinski definition) is 2. The molecule has 128 valence electrons. The van der Waals surface area contributed by atoms with Crippen LogP contribution in [0.5, 0.6) is 0 Å². The molecule has 4 heteroatoms. The predicted octanol–water partition coefficient (Wildman–Crippen LogP) is 4.80. The van der Waals surface area contributed by atoms with Gasteiger partial charge in [-0.3, -0.25) is 0 Å². The molecule has 2 rings (SSSR count). The number of hydrogen-bond acceptors (Lipinski definition) is 3. The molecule has 0 amide bonds. The molecule has 4 nitrogen and oxygen atoms in total. The van der Waals surface area contributed by atoms with Crippen molar-refractivity contribution in [3.63, 3.8) is 0 Å². The van der Waals surface area contributed by atoms with Gasteiger partial charge in [-0.2, -0.15) is 0 Å². The van der Waals surface area contributed by atoms with Gasteiger partial charge in [0.1, 0.15) is 0 Å². The number of para-hydroxylation sites is 1. The van der Waals surface area contributed by atoms with Crippen LogP contribution in [0.4, 0.5) is 17.1 Å². The first-order chi connectivity index (χ1) is 11.1. The highest BCUT2D eigenvalue weighted by Crippen LogP contribution is 2.34. The molecule has 0 atom stereocenters. The van der Waals surface area contributed by atoms with Gasteiger partial charge in [-0.15, -0.1) is 0 Å². The van der Waals surface area contributed by atoms with Crippen molar-refractivity contribution >= 4 is 23.0 Å². The van der Waals surface area contributed by atoms with E-state index in [9.17, 15) is 9.90 Å². The van der Waals surface area contributed by atoms with Gasteiger partial charge in [0.15, 0.2) is 0 Å². The molecule has 0 saturated carbocycles. The van der Waals surface area contributed by atoms with Gasteiger partial charge >= 0.3 is 5.97 Å². The lowest BCUT2D eigenvalue weighted by atomic mass is 9.86. The predicted molar refractivity (Wildman–Crippen MR) is 101 cm³/mol. The van der Waals surface area contributed by atoms with Crippen LogP contribution in [0.15, 0.2) is 36.4 Å². The van der Waals surface area contributed by atoms with Gasteiger partial charge in [0, 0.05) is 14.1 Å². The van der Waals surface area contributed by atoms with Crippen molar-refractivity contribution in [1.29, 1.82) is 0 Å². The molecule has 2 aromatic carbocycles. The summed E-state index contributed by atoms with van der Waals surface area (Å²) in [7, 11) is 3.97. The molecule has 0 aromatic heterocycles. The number of carboxylic acid groups (broad SMARTS) is 1. The van der Waals surface area contributed by atoms with Gasteiger partial charge in [-0.05, 0) is 41.7 Å².